The van der Waals surface area contributed by atoms with E-state index in [0.29, 0.717) is 41.8 Å². The van der Waals surface area contributed by atoms with Crippen LogP contribution in [0.5, 0.6) is 11.6 Å². The first-order chi connectivity index (χ1) is 14.5. The molecule has 1 atom stereocenters. The third kappa shape index (κ3) is 4.35. The average molecular weight is 404 g/mol. The molecule has 2 aromatic heterocycles. The third-order valence-electron chi connectivity index (χ3n) is 4.57. The van der Waals surface area contributed by atoms with E-state index in [9.17, 15) is 9.59 Å². The molecule has 1 fully saturated rings. The Labute approximate surface area is 172 Å². The fraction of sp³-hybridized carbons (Fsp3) is 0.190. The number of hydrogen-bond acceptors (Lipinski definition) is 7. The summed E-state index contributed by atoms with van der Waals surface area (Å²) in [5, 5.41) is 5.79. The van der Waals surface area contributed by atoms with Crippen LogP contribution in [0.1, 0.15) is 22.5 Å². The summed E-state index contributed by atoms with van der Waals surface area (Å²) < 4.78 is 5.73. The van der Waals surface area contributed by atoms with Gasteiger partial charge in [-0.3, -0.25) is 9.59 Å². The molecule has 9 nitrogen and oxygen atoms in total. The Bertz CT molecular complexity index is 1080. The van der Waals surface area contributed by atoms with Crippen molar-refractivity contribution in [2.45, 2.75) is 19.4 Å². The van der Waals surface area contributed by atoms with Gasteiger partial charge in [0.2, 0.25) is 11.8 Å². The molecule has 0 radical (unpaired) electrons. The number of rotatable bonds is 6. The molecule has 3 heterocycles. The summed E-state index contributed by atoms with van der Waals surface area (Å²) in [6, 6.07) is 11.8. The summed E-state index contributed by atoms with van der Waals surface area (Å²) in [5.74, 6) is 0.973. The highest BCUT2D eigenvalue weighted by Crippen LogP contribution is 2.25. The van der Waals surface area contributed by atoms with E-state index in [-0.39, 0.29) is 11.6 Å². The molecule has 0 saturated carbocycles. The Hall–Kier alpha value is -4.01. The molecule has 3 aromatic rings. The average Bonchev–Trinajstić information content (AvgIpc) is 3.14. The van der Waals surface area contributed by atoms with Crippen LogP contribution >= 0.6 is 0 Å². The Morgan fingerprint density at radius 3 is 2.63 bits per heavy atom. The Kier molecular flexibility index (Phi) is 5.25. The minimum atomic E-state index is -0.678. The minimum absolute atomic E-state index is 0.0603. The fourth-order valence-electron chi connectivity index (χ4n) is 2.99. The second-order valence-electron chi connectivity index (χ2n) is 6.90. The maximum Gasteiger partial charge on any atom is 0.267 e. The second kappa shape index (κ2) is 8.16. The van der Waals surface area contributed by atoms with Gasteiger partial charge in [-0.15, -0.1) is 0 Å². The number of pyridine rings is 1. The summed E-state index contributed by atoms with van der Waals surface area (Å²) in [4.78, 5) is 36.4. The normalized spacial score (nSPS) is 15.5. The number of amides is 2. The Morgan fingerprint density at radius 1 is 1.20 bits per heavy atom. The van der Waals surface area contributed by atoms with Gasteiger partial charge in [-0.25, -0.2) is 15.0 Å². The van der Waals surface area contributed by atoms with Gasteiger partial charge >= 0.3 is 0 Å². The van der Waals surface area contributed by atoms with Crippen molar-refractivity contribution in [1.82, 2.24) is 20.3 Å². The van der Waals surface area contributed by atoms with Crippen LogP contribution in [0.2, 0.25) is 0 Å². The molecule has 2 amide bonds. The molecule has 1 aliphatic rings. The lowest BCUT2D eigenvalue weighted by Gasteiger charge is -2.13. The van der Waals surface area contributed by atoms with E-state index in [4.69, 9.17) is 10.5 Å². The molecule has 4 rings (SSSR count). The lowest BCUT2D eigenvalue weighted by atomic mass is 10.2. The van der Waals surface area contributed by atoms with E-state index >= 15 is 0 Å². The SMILES string of the molecule is Cc1ccc(Oc2ccc(-c3nc(N[C@H]4CCNC4=O)cc(C(N)=O)n3)cc2)nc1. The molecule has 1 aromatic carbocycles. The topological polar surface area (TPSA) is 132 Å². The second-order valence-corrected chi connectivity index (χ2v) is 6.90. The van der Waals surface area contributed by atoms with Crippen molar-refractivity contribution < 1.29 is 14.3 Å². The molecule has 0 aliphatic carbocycles. The standard InChI is InChI=1S/C21H20N6O3/c1-12-2-7-18(24-11-12)30-14-5-3-13(4-6-14)20-26-16(19(22)28)10-17(27-20)25-15-8-9-23-21(15)29/h2-7,10-11,15H,8-9H2,1H3,(H2,22,28)(H,23,29)(H,25,26,27)/t15-/m0/s1. The van der Waals surface area contributed by atoms with Crippen molar-refractivity contribution in [3.8, 4) is 23.0 Å². The lowest BCUT2D eigenvalue weighted by Crippen LogP contribution is -2.30. The first-order valence-electron chi connectivity index (χ1n) is 9.42. The van der Waals surface area contributed by atoms with E-state index in [1.165, 1.54) is 6.07 Å². The smallest absolute Gasteiger partial charge is 0.267 e. The van der Waals surface area contributed by atoms with Crippen molar-refractivity contribution in [2.24, 2.45) is 5.73 Å². The predicted molar refractivity (Wildman–Crippen MR) is 110 cm³/mol. The van der Waals surface area contributed by atoms with Crippen LogP contribution in [0.3, 0.4) is 0 Å². The van der Waals surface area contributed by atoms with E-state index < -0.39 is 11.9 Å². The number of anilines is 1. The summed E-state index contributed by atoms with van der Waals surface area (Å²) in [6.07, 6.45) is 2.36. The molecule has 1 aliphatic heterocycles. The summed E-state index contributed by atoms with van der Waals surface area (Å²) in [7, 11) is 0. The van der Waals surface area contributed by atoms with Crippen molar-refractivity contribution >= 4 is 17.6 Å². The van der Waals surface area contributed by atoms with Crippen LogP contribution in [-0.2, 0) is 4.79 Å². The molecule has 0 unspecified atom stereocenters. The Balaban J connectivity index is 1.58. The minimum Gasteiger partial charge on any atom is -0.439 e. The largest absolute Gasteiger partial charge is 0.439 e. The van der Waals surface area contributed by atoms with Crippen LogP contribution in [0.15, 0.2) is 48.7 Å². The fourth-order valence-corrected chi connectivity index (χ4v) is 2.99. The molecular formula is C21H20N6O3. The van der Waals surface area contributed by atoms with E-state index in [0.717, 1.165) is 5.56 Å². The van der Waals surface area contributed by atoms with Gasteiger partial charge in [0.25, 0.3) is 5.91 Å². The summed E-state index contributed by atoms with van der Waals surface area (Å²) in [5.41, 5.74) is 7.20. The maximum absolute atomic E-state index is 11.8. The van der Waals surface area contributed by atoms with Gasteiger partial charge in [0, 0.05) is 30.4 Å². The van der Waals surface area contributed by atoms with Crippen LogP contribution < -0.4 is 21.1 Å². The molecule has 4 N–H and O–H groups in total. The monoisotopic (exact) mass is 404 g/mol. The highest BCUT2D eigenvalue weighted by Gasteiger charge is 2.24. The number of hydrogen-bond donors (Lipinski definition) is 3. The lowest BCUT2D eigenvalue weighted by molar-refractivity contribution is -0.119. The van der Waals surface area contributed by atoms with Gasteiger partial charge in [0.05, 0.1) is 0 Å². The quantitative estimate of drug-likeness (QED) is 0.573. The van der Waals surface area contributed by atoms with Gasteiger partial charge in [0.15, 0.2) is 5.82 Å². The predicted octanol–water partition coefficient (Wildman–Crippen LogP) is 2.04. The van der Waals surface area contributed by atoms with E-state index in [2.05, 4.69) is 25.6 Å². The number of carbonyl (C=O) groups excluding carboxylic acids is 2. The molecule has 1 saturated heterocycles. The van der Waals surface area contributed by atoms with Crippen LogP contribution in [-0.4, -0.2) is 39.4 Å². The van der Waals surface area contributed by atoms with Gasteiger partial charge in [-0.2, -0.15) is 0 Å². The van der Waals surface area contributed by atoms with E-state index in [1.807, 2.05) is 13.0 Å². The molecule has 9 heteroatoms. The molecule has 0 spiro atoms. The first-order valence-corrected chi connectivity index (χ1v) is 9.42. The zero-order chi connectivity index (χ0) is 21.1. The summed E-state index contributed by atoms with van der Waals surface area (Å²) in [6.45, 7) is 2.54. The van der Waals surface area contributed by atoms with Crippen molar-refractivity contribution in [1.29, 1.82) is 0 Å². The number of nitrogens with two attached hydrogens (primary N) is 1. The van der Waals surface area contributed by atoms with Gasteiger partial charge in [-0.1, -0.05) is 6.07 Å². The number of nitrogens with zero attached hydrogens (tertiary/aromatic N) is 3. The molecule has 0 bridgehead atoms. The maximum atomic E-state index is 11.8. The van der Waals surface area contributed by atoms with Crippen LogP contribution in [0, 0.1) is 6.92 Å². The molecule has 152 valence electrons. The Morgan fingerprint density at radius 2 is 2.00 bits per heavy atom. The van der Waals surface area contributed by atoms with Crippen LogP contribution in [0.25, 0.3) is 11.4 Å². The highest BCUT2D eigenvalue weighted by atomic mass is 16.5. The van der Waals surface area contributed by atoms with Crippen molar-refractivity contribution in [2.75, 3.05) is 11.9 Å². The van der Waals surface area contributed by atoms with Gasteiger partial charge in [0.1, 0.15) is 23.3 Å². The van der Waals surface area contributed by atoms with Gasteiger partial charge < -0.3 is 21.1 Å². The number of ether oxygens (including phenoxy) is 1. The molecular weight excluding hydrogens is 384 g/mol. The zero-order valence-corrected chi connectivity index (χ0v) is 16.3. The number of aromatic nitrogens is 3. The third-order valence-corrected chi connectivity index (χ3v) is 4.57. The summed E-state index contributed by atoms with van der Waals surface area (Å²) >= 11 is 0. The number of carbonyl (C=O) groups is 2. The van der Waals surface area contributed by atoms with Gasteiger partial charge in [-0.05, 0) is 43.2 Å². The molecule has 30 heavy (non-hydrogen) atoms. The highest BCUT2D eigenvalue weighted by molar-refractivity contribution is 5.92. The van der Waals surface area contributed by atoms with Crippen molar-refractivity contribution in [3.05, 3.63) is 59.9 Å². The first kappa shape index (κ1) is 19.3. The zero-order valence-electron chi connectivity index (χ0n) is 16.3. The number of nitrogens with one attached hydrogen (secondary N) is 2. The van der Waals surface area contributed by atoms with Crippen molar-refractivity contribution in [3.63, 3.8) is 0 Å². The number of primary amides is 1. The number of aryl methyl sites for hydroxylation is 1. The number of benzene rings is 1. The van der Waals surface area contributed by atoms with E-state index in [1.54, 1.807) is 36.5 Å². The van der Waals surface area contributed by atoms with Crippen LogP contribution in [0.4, 0.5) is 5.82 Å².